The van der Waals surface area contributed by atoms with Gasteiger partial charge >= 0.3 is 0 Å². The lowest BCUT2D eigenvalue weighted by Gasteiger charge is -2.24. The smallest absolute Gasteiger partial charge is 0.220 e. The normalized spacial score (nSPS) is 15.8. The van der Waals surface area contributed by atoms with Crippen molar-refractivity contribution in [1.82, 2.24) is 10.3 Å². The van der Waals surface area contributed by atoms with Gasteiger partial charge in [0.05, 0.1) is 6.54 Å². The van der Waals surface area contributed by atoms with Crippen molar-refractivity contribution in [3.8, 4) is 5.88 Å². The number of hydrogen-bond acceptors (Lipinski definition) is 6. The van der Waals surface area contributed by atoms with Crippen molar-refractivity contribution in [3.05, 3.63) is 12.1 Å². The number of nitrogens with one attached hydrogen (secondary N) is 1. The molecule has 7 heteroatoms. The second kappa shape index (κ2) is 9.25. The number of carbonyl (C=O) groups is 2. The molecular weight excluding hydrogens is 320 g/mol. The lowest BCUT2D eigenvalue weighted by atomic mass is 10.3. The minimum atomic E-state index is -0.113. The van der Waals surface area contributed by atoms with Crippen LogP contribution in [0.1, 0.15) is 39.5 Å². The number of Topliss-reactive ketones (excluding diaryl/α,β-unsaturated/α-hetero) is 1. The molecule has 1 aromatic rings. The van der Waals surface area contributed by atoms with Crippen molar-refractivity contribution in [1.29, 1.82) is 0 Å². The molecule has 2 rings (SSSR count). The molecule has 1 saturated carbocycles. The van der Waals surface area contributed by atoms with E-state index < -0.39 is 0 Å². The quantitative estimate of drug-likeness (QED) is 0.592. The number of aromatic nitrogens is 1. The summed E-state index contributed by atoms with van der Waals surface area (Å²) < 4.78 is 5.63. The highest BCUT2D eigenvalue weighted by atomic mass is 16.5. The van der Waals surface area contributed by atoms with Crippen molar-refractivity contribution in [2.45, 2.75) is 39.5 Å². The first-order valence-electron chi connectivity index (χ1n) is 8.98. The third kappa shape index (κ3) is 6.25. The van der Waals surface area contributed by atoms with Crippen LogP contribution < -0.4 is 20.7 Å². The molecule has 0 spiro atoms. The summed E-state index contributed by atoms with van der Waals surface area (Å²) in [5.41, 5.74) is 6.90. The summed E-state index contributed by atoms with van der Waals surface area (Å²) in [6.45, 7) is 6.87. The summed E-state index contributed by atoms with van der Waals surface area (Å²) >= 11 is 0. The second-order valence-corrected chi connectivity index (χ2v) is 6.35. The summed E-state index contributed by atoms with van der Waals surface area (Å²) in [6, 6.07) is 3.74. The van der Waals surface area contributed by atoms with Gasteiger partial charge < -0.3 is 20.7 Å². The number of carbonyl (C=O) groups excluding carboxylic acids is 2. The van der Waals surface area contributed by atoms with E-state index in [9.17, 15) is 9.59 Å². The van der Waals surface area contributed by atoms with E-state index in [1.807, 2.05) is 12.1 Å². The minimum absolute atomic E-state index is 0.0674. The van der Waals surface area contributed by atoms with E-state index in [1.165, 1.54) is 0 Å². The van der Waals surface area contributed by atoms with Gasteiger partial charge in [-0.05, 0) is 12.8 Å². The molecule has 0 bridgehead atoms. The predicted molar refractivity (Wildman–Crippen MR) is 97.7 cm³/mol. The number of ketones is 1. The van der Waals surface area contributed by atoms with E-state index >= 15 is 0 Å². The maximum Gasteiger partial charge on any atom is 0.220 e. The maximum atomic E-state index is 11.6. The molecule has 7 nitrogen and oxygen atoms in total. The number of ether oxygens (including phenoxy) is 1. The Morgan fingerprint density at radius 2 is 2.04 bits per heavy atom. The van der Waals surface area contributed by atoms with E-state index in [0.29, 0.717) is 31.3 Å². The van der Waals surface area contributed by atoms with Crippen LogP contribution in [0.4, 0.5) is 11.5 Å². The maximum absolute atomic E-state index is 11.6. The first-order chi connectivity index (χ1) is 12.0. The third-order valence-corrected chi connectivity index (χ3v) is 4.01. The van der Waals surface area contributed by atoms with Gasteiger partial charge in [0, 0.05) is 49.7 Å². The van der Waals surface area contributed by atoms with Crippen LogP contribution in [0.15, 0.2) is 12.1 Å². The van der Waals surface area contributed by atoms with Crippen LogP contribution in [-0.2, 0) is 9.59 Å². The van der Waals surface area contributed by atoms with Crippen LogP contribution >= 0.6 is 0 Å². The van der Waals surface area contributed by atoms with Crippen LogP contribution in [0.5, 0.6) is 5.88 Å². The molecule has 1 fully saturated rings. The molecule has 3 N–H and O–H groups in total. The summed E-state index contributed by atoms with van der Waals surface area (Å²) in [4.78, 5) is 29.0. The van der Waals surface area contributed by atoms with Gasteiger partial charge in [0.2, 0.25) is 11.8 Å². The number of nitrogens with zero attached hydrogens (tertiary/aromatic N) is 2. The first-order valence-corrected chi connectivity index (χ1v) is 8.98. The first kappa shape index (κ1) is 19.0. The van der Waals surface area contributed by atoms with Crippen LogP contribution in [0.25, 0.3) is 0 Å². The van der Waals surface area contributed by atoms with Gasteiger partial charge in [0.1, 0.15) is 18.2 Å². The van der Waals surface area contributed by atoms with E-state index in [4.69, 9.17) is 10.5 Å². The molecule has 0 aromatic carbocycles. The molecule has 0 aliphatic heterocycles. The van der Waals surface area contributed by atoms with Crippen LogP contribution in [0.2, 0.25) is 0 Å². The molecule has 1 heterocycles. The highest BCUT2D eigenvalue weighted by Crippen LogP contribution is 2.27. The van der Waals surface area contributed by atoms with E-state index in [2.05, 4.69) is 29.0 Å². The van der Waals surface area contributed by atoms with Crippen molar-refractivity contribution >= 4 is 23.2 Å². The van der Waals surface area contributed by atoms with Crippen LogP contribution in [0, 0.1) is 5.92 Å². The Morgan fingerprint density at radius 1 is 1.36 bits per heavy atom. The van der Waals surface area contributed by atoms with Gasteiger partial charge in [-0.25, -0.2) is 0 Å². The highest BCUT2D eigenvalue weighted by Gasteiger charge is 2.35. The largest absolute Gasteiger partial charge is 0.476 e. The van der Waals surface area contributed by atoms with Gasteiger partial charge in [-0.1, -0.05) is 13.8 Å². The fourth-order valence-corrected chi connectivity index (χ4v) is 2.69. The lowest BCUT2D eigenvalue weighted by molar-refractivity contribution is -0.122. The van der Waals surface area contributed by atoms with Gasteiger partial charge in [0.25, 0.3) is 0 Å². The topological polar surface area (TPSA) is 97.5 Å². The number of nitrogen functional groups attached to an aromatic ring is 1. The Labute approximate surface area is 148 Å². The highest BCUT2D eigenvalue weighted by molar-refractivity contribution is 5.99. The molecule has 1 aromatic heterocycles. The Hall–Kier alpha value is -2.31. The predicted octanol–water partition coefficient (Wildman–Crippen LogP) is 1.76. The molecule has 1 atom stereocenters. The minimum Gasteiger partial charge on any atom is -0.476 e. The fourth-order valence-electron chi connectivity index (χ4n) is 2.69. The van der Waals surface area contributed by atoms with E-state index in [0.717, 1.165) is 31.6 Å². The third-order valence-electron chi connectivity index (χ3n) is 4.01. The Kier molecular flexibility index (Phi) is 7.03. The van der Waals surface area contributed by atoms with Gasteiger partial charge in [0.15, 0.2) is 0 Å². The number of nitrogens with two attached hydrogens (primary N) is 1. The second-order valence-electron chi connectivity index (χ2n) is 6.35. The summed E-state index contributed by atoms with van der Waals surface area (Å²) in [6.07, 6.45) is 2.91. The van der Waals surface area contributed by atoms with E-state index in [-0.39, 0.29) is 24.0 Å². The monoisotopic (exact) mass is 348 g/mol. The van der Waals surface area contributed by atoms with Gasteiger partial charge in [-0.2, -0.15) is 4.98 Å². The molecule has 1 unspecified atom stereocenters. The molecular formula is C18H28N4O3. The average molecular weight is 348 g/mol. The molecule has 0 radical (unpaired) electrons. The molecule has 25 heavy (non-hydrogen) atoms. The summed E-state index contributed by atoms with van der Waals surface area (Å²) in [7, 11) is 0. The van der Waals surface area contributed by atoms with Crippen molar-refractivity contribution < 1.29 is 14.3 Å². The number of anilines is 2. The number of rotatable bonds is 11. The SMILES string of the molecule is CCCN(CCC)c1cc(N)nc(OCCNC(=O)CC2CC2=O)c1. The summed E-state index contributed by atoms with van der Waals surface area (Å²) in [5.74, 6) is 0.867. The van der Waals surface area contributed by atoms with Crippen LogP contribution in [0.3, 0.4) is 0 Å². The molecule has 1 aliphatic carbocycles. The molecule has 138 valence electrons. The molecule has 0 saturated heterocycles. The Bertz CT molecular complexity index is 600. The van der Waals surface area contributed by atoms with Crippen LogP contribution in [-0.4, -0.2) is 42.9 Å². The molecule has 1 amide bonds. The van der Waals surface area contributed by atoms with Crippen molar-refractivity contribution in [3.63, 3.8) is 0 Å². The van der Waals surface area contributed by atoms with Gasteiger partial charge in [-0.3, -0.25) is 9.59 Å². The van der Waals surface area contributed by atoms with Crippen molar-refractivity contribution in [2.24, 2.45) is 5.92 Å². The Balaban J connectivity index is 1.82. The van der Waals surface area contributed by atoms with E-state index in [1.54, 1.807) is 0 Å². The fraction of sp³-hybridized carbons (Fsp3) is 0.611. The van der Waals surface area contributed by atoms with Crippen molar-refractivity contribution in [2.75, 3.05) is 36.9 Å². The lowest BCUT2D eigenvalue weighted by Crippen LogP contribution is -2.28. The van der Waals surface area contributed by atoms with Gasteiger partial charge in [-0.15, -0.1) is 0 Å². The summed E-state index contributed by atoms with van der Waals surface area (Å²) in [5, 5.41) is 2.75. The standard InChI is InChI=1S/C18H28N4O3/c1-3-6-22(7-4-2)14-11-16(19)21-18(12-14)25-8-5-20-17(24)10-13-9-15(13)23/h11-13H,3-10H2,1-2H3,(H2,19,21)(H,20,24). The number of hydrogen-bond donors (Lipinski definition) is 2. The molecule has 1 aliphatic rings. The number of amides is 1. The zero-order valence-electron chi connectivity index (χ0n) is 15.1. The Morgan fingerprint density at radius 3 is 2.64 bits per heavy atom. The zero-order valence-corrected chi connectivity index (χ0v) is 15.1. The average Bonchev–Trinajstić information content (AvgIpc) is 3.25. The zero-order chi connectivity index (χ0) is 18.2. The number of pyridine rings is 1.